The highest BCUT2D eigenvalue weighted by Gasteiger charge is 2.49. The molecule has 42 heavy (non-hydrogen) atoms. The molecule has 2 bridgehead atoms. The highest BCUT2D eigenvalue weighted by atomic mass is 32.2. The first-order valence-electron chi connectivity index (χ1n) is 14.7. The van der Waals surface area contributed by atoms with Crippen molar-refractivity contribution < 1.29 is 23.2 Å². The molecule has 1 saturated carbocycles. The van der Waals surface area contributed by atoms with Gasteiger partial charge < -0.3 is 24.2 Å². The molecule has 0 spiro atoms. The smallest absolute Gasteiger partial charge is 0.247 e. The van der Waals surface area contributed by atoms with Gasteiger partial charge in [0, 0.05) is 37.6 Å². The van der Waals surface area contributed by atoms with Crippen molar-refractivity contribution in [3.63, 3.8) is 0 Å². The summed E-state index contributed by atoms with van der Waals surface area (Å²) in [6, 6.07) is 9.79. The zero-order chi connectivity index (χ0) is 30.4. The molecule has 2 aromatic rings. The number of rotatable bonds is 5. The van der Waals surface area contributed by atoms with Gasteiger partial charge in [0.2, 0.25) is 5.91 Å². The molecule has 5 rings (SSSR count). The lowest BCUT2D eigenvalue weighted by molar-refractivity contribution is -0.121. The number of fused-ring (bicyclic) bond motifs is 4. The lowest BCUT2D eigenvalue weighted by Gasteiger charge is -2.38. The van der Waals surface area contributed by atoms with E-state index in [9.17, 15) is 9.35 Å². The Morgan fingerprint density at radius 2 is 1.95 bits per heavy atom. The Morgan fingerprint density at radius 3 is 2.60 bits per heavy atom. The highest BCUT2D eigenvalue weighted by Crippen LogP contribution is 2.50. The number of hydrogen-bond acceptors (Lipinski definition) is 7. The molecule has 1 amide bonds. The minimum atomic E-state index is -1.48. The summed E-state index contributed by atoms with van der Waals surface area (Å²) in [7, 11) is 1.65. The van der Waals surface area contributed by atoms with Crippen LogP contribution >= 0.6 is 0 Å². The first-order valence-corrected chi connectivity index (χ1v) is 15.8. The van der Waals surface area contributed by atoms with Gasteiger partial charge in [-0.05, 0) is 102 Å². The summed E-state index contributed by atoms with van der Waals surface area (Å²) in [5, 5.41) is 2.88. The van der Waals surface area contributed by atoms with Crippen molar-refractivity contribution in [1.29, 1.82) is 0 Å². The largest absolute Gasteiger partial charge is 0.598 e. The summed E-state index contributed by atoms with van der Waals surface area (Å²) >= 11 is -1.48. The molecule has 1 aromatic carbocycles. The molecule has 1 aromatic heterocycles. The van der Waals surface area contributed by atoms with E-state index in [1.54, 1.807) is 25.4 Å². The van der Waals surface area contributed by atoms with E-state index in [4.69, 9.17) is 14.5 Å². The Morgan fingerprint density at radius 1 is 1.19 bits per heavy atom. The molecule has 0 radical (unpaired) electrons. The fourth-order valence-corrected chi connectivity index (χ4v) is 6.73. The Labute approximate surface area is 251 Å². The number of allylic oxidation sites excluding steroid dienone is 1. The predicted octanol–water partition coefficient (Wildman–Crippen LogP) is 5.38. The number of benzene rings is 1. The summed E-state index contributed by atoms with van der Waals surface area (Å²) in [6.07, 6.45) is 4.15. The van der Waals surface area contributed by atoms with Crippen LogP contribution in [0.25, 0.3) is 0 Å². The molecule has 2 fully saturated rings. The number of nitrogens with zero attached hydrogens (tertiary/aromatic N) is 2. The lowest BCUT2D eigenvalue weighted by atomic mass is 9.82. The first-order chi connectivity index (χ1) is 19.7. The summed E-state index contributed by atoms with van der Waals surface area (Å²) in [4.78, 5) is 20.6. The van der Waals surface area contributed by atoms with Crippen LogP contribution in [0.5, 0.6) is 0 Å². The minimum Gasteiger partial charge on any atom is -0.598 e. The molecular formula is C32H43FN4O4S. The van der Waals surface area contributed by atoms with Gasteiger partial charge in [0.15, 0.2) is 5.88 Å². The summed E-state index contributed by atoms with van der Waals surface area (Å²) in [6.45, 7) is 12.2. The number of halogens is 1. The third-order valence-corrected chi connectivity index (χ3v) is 9.79. The van der Waals surface area contributed by atoms with E-state index < -0.39 is 39.1 Å². The molecule has 1 saturated heterocycles. The van der Waals surface area contributed by atoms with Gasteiger partial charge in [0.05, 0.1) is 17.5 Å². The molecule has 3 heterocycles. The number of aromatic nitrogens is 1. The van der Waals surface area contributed by atoms with Crippen LogP contribution in [0.3, 0.4) is 0 Å². The van der Waals surface area contributed by atoms with E-state index in [0.29, 0.717) is 36.5 Å². The summed E-state index contributed by atoms with van der Waals surface area (Å²) in [5.41, 5.74) is 1.10. The van der Waals surface area contributed by atoms with Gasteiger partial charge in [0.1, 0.15) is 27.7 Å². The van der Waals surface area contributed by atoms with Gasteiger partial charge >= 0.3 is 0 Å². The quantitative estimate of drug-likeness (QED) is 0.446. The fourth-order valence-electron chi connectivity index (χ4n) is 5.79. The van der Waals surface area contributed by atoms with Crippen molar-refractivity contribution in [2.45, 2.75) is 95.3 Å². The number of anilines is 1. The predicted molar refractivity (Wildman–Crippen MR) is 162 cm³/mol. The van der Waals surface area contributed by atoms with E-state index in [2.05, 4.69) is 10.0 Å². The van der Waals surface area contributed by atoms with E-state index in [-0.39, 0.29) is 23.6 Å². The van der Waals surface area contributed by atoms with Crippen molar-refractivity contribution >= 4 is 23.0 Å². The van der Waals surface area contributed by atoms with E-state index in [1.165, 1.54) is 6.07 Å². The number of ether oxygens (including phenoxy) is 2. The van der Waals surface area contributed by atoms with Crippen LogP contribution in [-0.4, -0.2) is 56.5 Å². The van der Waals surface area contributed by atoms with Gasteiger partial charge in [-0.3, -0.25) is 9.78 Å². The average molecular weight is 599 g/mol. The topological polar surface area (TPSA) is 98.8 Å². The van der Waals surface area contributed by atoms with E-state index in [0.717, 1.165) is 18.4 Å². The number of carbonyl (C=O) groups excluding carboxylic acids is 1. The van der Waals surface area contributed by atoms with Crippen molar-refractivity contribution in [2.75, 3.05) is 19.0 Å². The molecular weight excluding hydrogens is 555 g/mol. The second-order valence-electron chi connectivity index (χ2n) is 13.5. The van der Waals surface area contributed by atoms with Crippen LogP contribution in [0.15, 0.2) is 54.1 Å². The lowest BCUT2D eigenvalue weighted by Crippen LogP contribution is -2.52. The van der Waals surface area contributed by atoms with Crippen LogP contribution in [0, 0.1) is 11.7 Å². The van der Waals surface area contributed by atoms with Crippen molar-refractivity contribution in [3.8, 4) is 0 Å². The highest BCUT2D eigenvalue weighted by molar-refractivity contribution is 7.90. The zero-order valence-electron chi connectivity index (χ0n) is 25.6. The van der Waals surface area contributed by atoms with E-state index in [1.807, 2.05) is 64.6 Å². The molecule has 2 aliphatic heterocycles. The fraction of sp³-hybridized carbons (Fsp3) is 0.562. The number of pyridine rings is 1. The van der Waals surface area contributed by atoms with Gasteiger partial charge in [-0.2, -0.15) is 0 Å². The number of nitrogens with one attached hydrogen (secondary N) is 2. The average Bonchev–Trinajstić information content (AvgIpc) is 3.57. The van der Waals surface area contributed by atoms with Crippen LogP contribution in [0.4, 0.5) is 10.1 Å². The summed E-state index contributed by atoms with van der Waals surface area (Å²) < 4.78 is 44.2. The minimum absolute atomic E-state index is 0.0670. The third kappa shape index (κ3) is 6.32. The standard InChI is InChI=1S/C32H43FN4O4S/c1-30(2,3)41-29-23-16-20(23)13-14-32(27-10-8-9-15-34-27,36-42(39)31(4,5)6)21-11-12-24(33)25(17-21)35-28(38)26-18-22(40-7)19-37(26)29/h8-12,15,17,20,22,26,36H,13-14,16,18-19H2,1-7H3,(H,35,38)/b29-23-/t20?,22-,26-,32?,42-/m1/s1. The molecule has 2 N–H and O–H groups in total. The Bertz CT molecular complexity index is 1340. The second-order valence-corrected chi connectivity index (χ2v) is 15.5. The Kier molecular flexibility index (Phi) is 8.39. The number of hydrogen-bond donors (Lipinski definition) is 2. The Hall–Kier alpha value is -2.66. The van der Waals surface area contributed by atoms with Crippen molar-refractivity contribution in [3.05, 3.63) is 71.1 Å². The van der Waals surface area contributed by atoms with Crippen LogP contribution in [0.2, 0.25) is 0 Å². The van der Waals surface area contributed by atoms with Crippen LogP contribution in [0.1, 0.15) is 78.5 Å². The molecule has 3 aliphatic rings. The maximum Gasteiger partial charge on any atom is 0.247 e. The SMILES string of the molecule is CO[C@@H]1C[C@@H]2C(=O)Nc3cc(ccc3F)C(N[S@+]([O-])C(C)(C)C)(c3ccccn3)CCC3C/C3=C(/OC(C)(C)C)N2C1. The molecule has 228 valence electrons. The first kappa shape index (κ1) is 30.8. The molecule has 1 aliphatic carbocycles. The van der Waals surface area contributed by atoms with Crippen molar-refractivity contribution in [2.24, 2.45) is 5.92 Å². The number of methoxy groups -OCH3 is 1. The summed E-state index contributed by atoms with van der Waals surface area (Å²) in [5.74, 6) is 0.0518. The molecule has 5 atom stereocenters. The zero-order valence-corrected chi connectivity index (χ0v) is 26.4. The third-order valence-electron chi connectivity index (χ3n) is 8.15. The maximum absolute atomic E-state index is 15.4. The van der Waals surface area contributed by atoms with Crippen LogP contribution in [-0.2, 0) is 31.2 Å². The second kappa shape index (κ2) is 11.4. The van der Waals surface area contributed by atoms with Gasteiger partial charge in [-0.25, -0.2) is 4.39 Å². The monoisotopic (exact) mass is 598 g/mol. The number of amides is 1. The Balaban J connectivity index is 1.67. The number of carbonyl (C=O) groups is 1. The normalized spacial score (nSPS) is 28.9. The molecule has 2 unspecified atom stereocenters. The van der Waals surface area contributed by atoms with E-state index >= 15 is 4.39 Å². The maximum atomic E-state index is 15.4. The van der Waals surface area contributed by atoms with Crippen molar-refractivity contribution in [1.82, 2.24) is 14.6 Å². The van der Waals surface area contributed by atoms with Gasteiger partial charge in [0.25, 0.3) is 0 Å². The molecule has 10 heteroatoms. The molecule has 8 nitrogen and oxygen atoms in total. The van der Waals surface area contributed by atoms with Crippen LogP contribution < -0.4 is 10.0 Å². The van der Waals surface area contributed by atoms with Gasteiger partial charge in [-0.1, -0.05) is 12.1 Å². The van der Waals surface area contributed by atoms with Gasteiger partial charge in [-0.15, -0.1) is 4.72 Å².